The highest BCUT2D eigenvalue weighted by molar-refractivity contribution is 5.49. The first-order valence-electron chi connectivity index (χ1n) is 11.0. The third kappa shape index (κ3) is 5.34. The van der Waals surface area contributed by atoms with Crippen LogP contribution in [0, 0.1) is 11.8 Å². The summed E-state index contributed by atoms with van der Waals surface area (Å²) in [5, 5.41) is 0. The van der Waals surface area contributed by atoms with Gasteiger partial charge in [-0.2, -0.15) is 13.2 Å². The maximum absolute atomic E-state index is 12.9. The van der Waals surface area contributed by atoms with Crippen molar-refractivity contribution in [3.63, 3.8) is 0 Å². The summed E-state index contributed by atoms with van der Waals surface area (Å²) >= 11 is 0. The van der Waals surface area contributed by atoms with Crippen molar-refractivity contribution >= 4 is 5.69 Å². The summed E-state index contributed by atoms with van der Waals surface area (Å²) in [5.41, 5.74) is 0.124. The van der Waals surface area contributed by atoms with Crippen LogP contribution in [0.25, 0.3) is 0 Å². The Balaban J connectivity index is 1.15. The molecule has 0 N–H and O–H groups in total. The summed E-state index contributed by atoms with van der Waals surface area (Å²) < 4.78 is 38.8. The van der Waals surface area contributed by atoms with E-state index in [1.807, 2.05) is 0 Å². The summed E-state index contributed by atoms with van der Waals surface area (Å²) in [6.45, 7) is 8.28. The van der Waals surface area contributed by atoms with E-state index in [0.29, 0.717) is 5.69 Å². The minimum Gasteiger partial charge on any atom is -0.369 e. The molecule has 0 spiro atoms. The standard InChI is InChI=1S/C23H32F3N3/c24-23(25,26)21-8-5-9-22(16-21)29-14-12-27(13-15-29)10-3-4-11-28-17-19-6-1-2-7-20(19)18-28/h1-2,5,8-9,16,19-20H,3-4,6-7,10-15,17-18H2/t19-,20+. The first-order valence-corrected chi connectivity index (χ1v) is 11.0. The summed E-state index contributed by atoms with van der Waals surface area (Å²) in [6.07, 6.45) is 5.39. The van der Waals surface area contributed by atoms with Gasteiger partial charge in [0.2, 0.25) is 0 Å². The van der Waals surface area contributed by atoms with Gasteiger partial charge in [-0.15, -0.1) is 0 Å². The van der Waals surface area contributed by atoms with E-state index < -0.39 is 11.7 Å². The van der Waals surface area contributed by atoms with Crippen molar-refractivity contribution in [2.24, 2.45) is 11.8 Å². The number of hydrogen-bond acceptors (Lipinski definition) is 3. The molecule has 2 fully saturated rings. The zero-order valence-electron chi connectivity index (χ0n) is 17.1. The highest BCUT2D eigenvalue weighted by Crippen LogP contribution is 2.33. The number of piperazine rings is 1. The van der Waals surface area contributed by atoms with Gasteiger partial charge in [0.1, 0.15) is 0 Å². The fourth-order valence-corrected chi connectivity index (χ4v) is 5.07. The van der Waals surface area contributed by atoms with Crippen LogP contribution in [-0.2, 0) is 6.18 Å². The van der Waals surface area contributed by atoms with Crippen molar-refractivity contribution in [2.45, 2.75) is 31.9 Å². The fraction of sp³-hybridized carbons (Fsp3) is 0.652. The molecule has 160 valence electrons. The van der Waals surface area contributed by atoms with Crippen molar-refractivity contribution in [2.75, 3.05) is 57.3 Å². The van der Waals surface area contributed by atoms with Crippen LogP contribution in [0.2, 0.25) is 0 Å². The van der Waals surface area contributed by atoms with Crippen LogP contribution in [0.3, 0.4) is 0 Å². The SMILES string of the molecule is FC(F)(F)c1cccc(N2CCN(CCCCN3C[C@H]4CC=CC[C@H]4C3)CC2)c1. The number of unbranched alkanes of at least 4 members (excludes halogenated alkanes) is 1. The minimum absolute atomic E-state index is 0.560. The molecule has 0 aromatic heterocycles. The Kier molecular flexibility index (Phi) is 6.50. The average molecular weight is 408 g/mol. The molecule has 4 rings (SSSR count). The lowest BCUT2D eigenvalue weighted by Gasteiger charge is -2.36. The molecule has 2 atom stereocenters. The zero-order chi connectivity index (χ0) is 20.3. The topological polar surface area (TPSA) is 9.72 Å². The summed E-state index contributed by atoms with van der Waals surface area (Å²) in [5.74, 6) is 1.76. The van der Waals surface area contributed by atoms with Crippen LogP contribution in [0.5, 0.6) is 0 Å². The third-order valence-corrected chi connectivity index (χ3v) is 6.81. The first-order chi connectivity index (χ1) is 14.0. The largest absolute Gasteiger partial charge is 0.416 e. The zero-order valence-corrected chi connectivity index (χ0v) is 17.1. The van der Waals surface area contributed by atoms with Crippen molar-refractivity contribution in [1.29, 1.82) is 0 Å². The lowest BCUT2D eigenvalue weighted by atomic mass is 9.86. The second-order valence-corrected chi connectivity index (χ2v) is 8.81. The Hall–Kier alpha value is -1.53. The molecular weight excluding hydrogens is 375 g/mol. The molecule has 0 saturated carbocycles. The molecule has 1 aromatic rings. The van der Waals surface area contributed by atoms with E-state index in [-0.39, 0.29) is 0 Å². The Labute approximate surface area is 172 Å². The normalized spacial score (nSPS) is 26.1. The number of rotatable bonds is 6. The maximum atomic E-state index is 12.9. The third-order valence-electron chi connectivity index (χ3n) is 6.81. The van der Waals surface area contributed by atoms with Gasteiger partial charge in [-0.25, -0.2) is 0 Å². The maximum Gasteiger partial charge on any atom is 0.416 e. The molecule has 3 aliphatic rings. The predicted octanol–water partition coefficient (Wildman–Crippen LogP) is 4.51. The van der Waals surface area contributed by atoms with Gasteiger partial charge in [0, 0.05) is 45.0 Å². The molecular formula is C23H32F3N3. The van der Waals surface area contributed by atoms with Gasteiger partial charge >= 0.3 is 6.18 Å². The molecule has 1 aromatic carbocycles. The number of fused-ring (bicyclic) bond motifs is 1. The van der Waals surface area contributed by atoms with Gasteiger partial charge in [0.15, 0.2) is 0 Å². The van der Waals surface area contributed by atoms with Crippen LogP contribution >= 0.6 is 0 Å². The van der Waals surface area contributed by atoms with E-state index in [1.165, 1.54) is 57.5 Å². The molecule has 3 nitrogen and oxygen atoms in total. The van der Waals surface area contributed by atoms with Gasteiger partial charge < -0.3 is 9.80 Å². The molecule has 2 heterocycles. The summed E-state index contributed by atoms with van der Waals surface area (Å²) in [7, 11) is 0. The van der Waals surface area contributed by atoms with E-state index in [9.17, 15) is 13.2 Å². The van der Waals surface area contributed by atoms with Gasteiger partial charge in [-0.1, -0.05) is 18.2 Å². The Bertz CT molecular complexity index is 679. The van der Waals surface area contributed by atoms with E-state index in [1.54, 1.807) is 6.07 Å². The molecule has 2 saturated heterocycles. The minimum atomic E-state index is -4.28. The molecule has 0 bridgehead atoms. The lowest BCUT2D eigenvalue weighted by molar-refractivity contribution is -0.137. The smallest absolute Gasteiger partial charge is 0.369 e. The molecule has 6 heteroatoms. The second kappa shape index (κ2) is 9.09. The summed E-state index contributed by atoms with van der Waals surface area (Å²) in [4.78, 5) is 7.18. The number of nitrogens with zero attached hydrogens (tertiary/aromatic N) is 3. The number of allylic oxidation sites excluding steroid dienone is 2. The lowest BCUT2D eigenvalue weighted by Crippen LogP contribution is -2.46. The molecule has 29 heavy (non-hydrogen) atoms. The quantitative estimate of drug-likeness (QED) is 0.508. The molecule has 2 aliphatic heterocycles. The number of halogens is 3. The highest BCUT2D eigenvalue weighted by Gasteiger charge is 2.32. The van der Waals surface area contributed by atoms with Crippen LogP contribution in [-0.4, -0.2) is 62.2 Å². The van der Waals surface area contributed by atoms with Crippen molar-refractivity contribution in [3.05, 3.63) is 42.0 Å². The number of anilines is 1. The Morgan fingerprint density at radius 2 is 1.45 bits per heavy atom. The van der Waals surface area contributed by atoms with Crippen LogP contribution in [0.1, 0.15) is 31.2 Å². The fourth-order valence-electron chi connectivity index (χ4n) is 5.07. The molecule has 0 amide bonds. The van der Waals surface area contributed by atoms with E-state index >= 15 is 0 Å². The van der Waals surface area contributed by atoms with Crippen LogP contribution in [0.4, 0.5) is 18.9 Å². The van der Waals surface area contributed by atoms with E-state index in [4.69, 9.17) is 0 Å². The number of likely N-dealkylation sites (tertiary alicyclic amines) is 1. The van der Waals surface area contributed by atoms with Gasteiger partial charge in [-0.3, -0.25) is 4.90 Å². The van der Waals surface area contributed by atoms with Crippen molar-refractivity contribution in [1.82, 2.24) is 9.80 Å². The predicted molar refractivity (Wildman–Crippen MR) is 111 cm³/mol. The van der Waals surface area contributed by atoms with Crippen LogP contribution < -0.4 is 4.90 Å². The van der Waals surface area contributed by atoms with Gasteiger partial charge in [0.05, 0.1) is 5.56 Å². The Morgan fingerprint density at radius 3 is 2.07 bits per heavy atom. The molecule has 0 unspecified atom stereocenters. The second-order valence-electron chi connectivity index (χ2n) is 8.81. The highest BCUT2D eigenvalue weighted by atomic mass is 19.4. The van der Waals surface area contributed by atoms with Crippen molar-refractivity contribution in [3.8, 4) is 0 Å². The van der Waals surface area contributed by atoms with Crippen molar-refractivity contribution < 1.29 is 13.2 Å². The van der Waals surface area contributed by atoms with Crippen LogP contribution in [0.15, 0.2) is 36.4 Å². The monoisotopic (exact) mass is 407 g/mol. The molecule has 1 aliphatic carbocycles. The van der Waals surface area contributed by atoms with E-state index in [0.717, 1.165) is 50.6 Å². The molecule has 0 radical (unpaired) electrons. The Morgan fingerprint density at radius 1 is 0.828 bits per heavy atom. The number of hydrogen-bond donors (Lipinski definition) is 0. The van der Waals surface area contributed by atoms with Gasteiger partial charge in [-0.05, 0) is 68.8 Å². The first kappa shape index (κ1) is 20.7. The summed E-state index contributed by atoms with van der Waals surface area (Å²) in [6, 6.07) is 5.72. The van der Waals surface area contributed by atoms with Gasteiger partial charge in [0.25, 0.3) is 0 Å². The average Bonchev–Trinajstić information content (AvgIpc) is 3.14. The number of alkyl halides is 3. The van der Waals surface area contributed by atoms with E-state index in [2.05, 4.69) is 26.9 Å². The number of benzene rings is 1.